The number of sulfonamides is 1. The van der Waals surface area contributed by atoms with Crippen LogP contribution in [0.4, 0.5) is 11.6 Å². The fraction of sp³-hybridized carbons (Fsp3) is 0.522. The predicted molar refractivity (Wildman–Crippen MR) is 139 cm³/mol. The van der Waals surface area contributed by atoms with Crippen LogP contribution in [0.25, 0.3) is 21.6 Å². The lowest BCUT2D eigenvalue weighted by atomic mass is 10.1. The van der Waals surface area contributed by atoms with Gasteiger partial charge in [0.15, 0.2) is 11.6 Å². The van der Waals surface area contributed by atoms with Crippen molar-refractivity contribution in [2.24, 2.45) is 0 Å². The van der Waals surface area contributed by atoms with Crippen LogP contribution in [0.1, 0.15) is 17.7 Å². The number of morpholine rings is 1. The fourth-order valence-electron chi connectivity index (χ4n) is 4.69. The highest BCUT2D eigenvalue weighted by Gasteiger charge is 2.28. The molecule has 10 nitrogen and oxygen atoms in total. The first-order valence-electron chi connectivity index (χ1n) is 11.8. The third-order valence-electron chi connectivity index (χ3n) is 6.68. The third-order valence-corrected chi connectivity index (χ3v) is 9.09. The number of aromatic nitrogens is 3. The second kappa shape index (κ2) is 9.94. The van der Waals surface area contributed by atoms with E-state index < -0.39 is 10.0 Å². The zero-order valence-corrected chi connectivity index (χ0v) is 21.7. The van der Waals surface area contributed by atoms with Gasteiger partial charge < -0.3 is 15.4 Å². The van der Waals surface area contributed by atoms with Crippen LogP contribution in [-0.2, 0) is 21.3 Å². The number of hydrogen-bond donors (Lipinski definition) is 1. The van der Waals surface area contributed by atoms with E-state index in [1.165, 1.54) is 11.1 Å². The van der Waals surface area contributed by atoms with E-state index in [2.05, 4.69) is 27.9 Å². The Morgan fingerprint density at radius 2 is 1.91 bits per heavy atom. The third kappa shape index (κ3) is 5.41. The van der Waals surface area contributed by atoms with Crippen molar-refractivity contribution < 1.29 is 13.2 Å². The molecule has 0 atom stereocenters. The van der Waals surface area contributed by atoms with Crippen molar-refractivity contribution in [1.82, 2.24) is 24.2 Å². The Morgan fingerprint density at radius 1 is 1.17 bits per heavy atom. The van der Waals surface area contributed by atoms with Crippen molar-refractivity contribution in [1.29, 1.82) is 0 Å². The molecule has 0 amide bonds. The van der Waals surface area contributed by atoms with Crippen LogP contribution < -0.4 is 10.6 Å². The van der Waals surface area contributed by atoms with Crippen LogP contribution in [0.5, 0.6) is 0 Å². The molecule has 2 aliphatic heterocycles. The first kappa shape index (κ1) is 24.3. The Bertz CT molecular complexity index is 1280. The fourth-order valence-corrected chi connectivity index (χ4v) is 6.74. The largest absolute Gasteiger partial charge is 0.384 e. The Kier molecular flexibility index (Phi) is 6.91. The maximum absolute atomic E-state index is 11.8. The van der Waals surface area contributed by atoms with Crippen molar-refractivity contribution in [2.45, 2.75) is 25.4 Å². The molecule has 2 aliphatic rings. The molecular formula is C23H31N7O3S2. The number of thiophene rings is 1. The molecule has 5 rings (SSSR count). The quantitative estimate of drug-likeness (QED) is 0.524. The van der Waals surface area contributed by atoms with Crippen LogP contribution in [0, 0.1) is 0 Å². The van der Waals surface area contributed by atoms with E-state index in [0.717, 1.165) is 54.1 Å². The van der Waals surface area contributed by atoms with E-state index in [1.54, 1.807) is 27.9 Å². The summed E-state index contributed by atoms with van der Waals surface area (Å²) in [5.41, 5.74) is 7.53. The highest BCUT2D eigenvalue weighted by molar-refractivity contribution is 7.88. The highest BCUT2D eigenvalue weighted by Crippen LogP contribution is 2.35. The minimum absolute atomic E-state index is 0.347. The van der Waals surface area contributed by atoms with Crippen molar-refractivity contribution in [3.8, 4) is 11.4 Å². The lowest BCUT2D eigenvalue weighted by Crippen LogP contribution is -2.44. The van der Waals surface area contributed by atoms with Gasteiger partial charge in [-0.05, 0) is 38.1 Å². The van der Waals surface area contributed by atoms with Crippen molar-refractivity contribution in [2.75, 3.05) is 63.3 Å². The van der Waals surface area contributed by atoms with E-state index >= 15 is 0 Å². The van der Waals surface area contributed by atoms with Crippen LogP contribution in [0.3, 0.4) is 0 Å². The van der Waals surface area contributed by atoms with Gasteiger partial charge in [0.05, 0.1) is 29.7 Å². The molecule has 0 aromatic carbocycles. The van der Waals surface area contributed by atoms with Gasteiger partial charge >= 0.3 is 0 Å². The molecule has 3 aromatic rings. The normalized spacial score (nSPS) is 18.5. The first-order chi connectivity index (χ1) is 16.8. The second-order valence-electron chi connectivity index (χ2n) is 9.18. The average molecular weight is 518 g/mol. The Hall–Kier alpha value is -2.38. The van der Waals surface area contributed by atoms with Crippen LogP contribution in [-0.4, -0.2) is 91.3 Å². The molecule has 0 aliphatic carbocycles. The number of hydrogen-bond acceptors (Lipinski definition) is 10. The topological polar surface area (TPSA) is 118 Å². The summed E-state index contributed by atoms with van der Waals surface area (Å²) in [6.07, 6.45) is 4.67. The lowest BCUT2D eigenvalue weighted by Gasteiger charge is -2.35. The molecule has 188 valence electrons. The molecule has 12 heteroatoms. The molecule has 0 radical (unpaired) electrons. The molecule has 3 aromatic heterocycles. The Balaban J connectivity index is 1.41. The summed E-state index contributed by atoms with van der Waals surface area (Å²) < 4.78 is 31.9. The van der Waals surface area contributed by atoms with Crippen molar-refractivity contribution in [3.63, 3.8) is 0 Å². The zero-order chi connectivity index (χ0) is 24.6. The molecule has 35 heavy (non-hydrogen) atoms. The Labute approximate surface area is 209 Å². The van der Waals surface area contributed by atoms with E-state index in [1.807, 2.05) is 6.07 Å². The minimum atomic E-state index is -3.12. The van der Waals surface area contributed by atoms with Crippen molar-refractivity contribution >= 4 is 43.2 Å². The predicted octanol–water partition coefficient (Wildman–Crippen LogP) is 2.03. The number of anilines is 2. The van der Waals surface area contributed by atoms with Crippen LogP contribution in [0.2, 0.25) is 0 Å². The van der Waals surface area contributed by atoms with Gasteiger partial charge in [-0.1, -0.05) is 0 Å². The molecule has 2 fully saturated rings. The number of nitrogens with two attached hydrogens (primary N) is 1. The number of nitrogen functional groups attached to an aromatic ring is 1. The number of piperidine rings is 1. The summed E-state index contributed by atoms with van der Waals surface area (Å²) in [5, 5.41) is 0. The number of rotatable bonds is 6. The van der Waals surface area contributed by atoms with Gasteiger partial charge in [0.1, 0.15) is 5.82 Å². The lowest BCUT2D eigenvalue weighted by molar-refractivity contribution is 0.122. The molecule has 0 saturated carbocycles. The molecular weight excluding hydrogens is 486 g/mol. The summed E-state index contributed by atoms with van der Waals surface area (Å²) in [5.74, 6) is 2.04. The van der Waals surface area contributed by atoms with Gasteiger partial charge in [-0.15, -0.1) is 11.3 Å². The van der Waals surface area contributed by atoms with Crippen LogP contribution in [0.15, 0.2) is 24.4 Å². The minimum Gasteiger partial charge on any atom is -0.384 e. The smallest absolute Gasteiger partial charge is 0.211 e. The van der Waals surface area contributed by atoms with Crippen molar-refractivity contribution in [3.05, 3.63) is 29.3 Å². The molecule has 5 heterocycles. The summed E-state index contributed by atoms with van der Waals surface area (Å²) in [6, 6.07) is 6.17. The molecule has 0 bridgehead atoms. The Morgan fingerprint density at radius 3 is 2.57 bits per heavy atom. The zero-order valence-electron chi connectivity index (χ0n) is 20.1. The molecule has 2 N–H and O–H groups in total. The number of fused-ring (bicyclic) bond motifs is 1. The van der Waals surface area contributed by atoms with Gasteiger partial charge in [-0.3, -0.25) is 4.90 Å². The summed E-state index contributed by atoms with van der Waals surface area (Å²) in [6.45, 7) is 4.87. The SMILES string of the molecule is CN(Cc1cc2nc(-c3ccc(N)nc3)nc(N3CCOCC3)c2s1)C1CCN(S(C)(=O)=O)CC1. The summed E-state index contributed by atoms with van der Waals surface area (Å²) in [7, 11) is -1.00. The van der Waals surface area contributed by atoms with Gasteiger partial charge in [0.2, 0.25) is 10.0 Å². The molecule has 0 spiro atoms. The van der Waals surface area contributed by atoms with Gasteiger partial charge in [0, 0.05) is 55.4 Å². The van der Waals surface area contributed by atoms with E-state index in [-0.39, 0.29) is 0 Å². The number of nitrogens with zero attached hydrogens (tertiary/aromatic N) is 6. The summed E-state index contributed by atoms with van der Waals surface area (Å²) in [4.78, 5) is 19.9. The maximum Gasteiger partial charge on any atom is 0.211 e. The van der Waals surface area contributed by atoms with E-state index in [0.29, 0.717) is 44.0 Å². The van der Waals surface area contributed by atoms with Gasteiger partial charge in [-0.2, -0.15) is 0 Å². The second-order valence-corrected chi connectivity index (χ2v) is 12.3. The van der Waals surface area contributed by atoms with Gasteiger partial charge in [-0.25, -0.2) is 27.7 Å². The molecule has 0 unspecified atom stereocenters. The maximum atomic E-state index is 11.8. The molecule has 2 saturated heterocycles. The average Bonchev–Trinajstić information content (AvgIpc) is 3.26. The number of pyridine rings is 1. The van der Waals surface area contributed by atoms with Crippen LogP contribution >= 0.6 is 11.3 Å². The van der Waals surface area contributed by atoms with Gasteiger partial charge in [0.25, 0.3) is 0 Å². The first-order valence-corrected chi connectivity index (χ1v) is 14.4. The summed E-state index contributed by atoms with van der Waals surface area (Å²) >= 11 is 1.73. The highest BCUT2D eigenvalue weighted by atomic mass is 32.2. The number of ether oxygens (including phenoxy) is 1. The van der Waals surface area contributed by atoms with E-state index in [4.69, 9.17) is 20.4 Å². The monoisotopic (exact) mass is 517 g/mol. The van der Waals surface area contributed by atoms with E-state index in [9.17, 15) is 8.42 Å². The standard InChI is InChI=1S/C23H31N7O3S2/c1-28(17-5-7-30(8-6-17)35(2,31)32)15-18-13-19-21(34-18)23(29-9-11-33-12-10-29)27-22(26-19)16-3-4-20(24)25-14-16/h3-4,13-14,17H,5-12,15H2,1-2H3,(H2,24,25).